The van der Waals surface area contributed by atoms with E-state index in [0.29, 0.717) is 11.3 Å². The van der Waals surface area contributed by atoms with E-state index in [2.05, 4.69) is 11.2 Å². The van der Waals surface area contributed by atoms with Crippen molar-refractivity contribution in [1.82, 2.24) is 10.1 Å². The quantitative estimate of drug-likeness (QED) is 0.853. The average molecular weight is 307 g/mol. The maximum absolute atomic E-state index is 12.8. The smallest absolute Gasteiger partial charge is 0.292 e. The van der Waals surface area contributed by atoms with Crippen LogP contribution in [0.2, 0.25) is 0 Å². The summed E-state index contributed by atoms with van der Waals surface area (Å²) in [7, 11) is 0. The Bertz CT molecular complexity index is 799. The molecule has 0 bridgehead atoms. The second kappa shape index (κ2) is 5.24. The van der Waals surface area contributed by atoms with Crippen molar-refractivity contribution in [3.63, 3.8) is 0 Å². The lowest BCUT2D eigenvalue weighted by Gasteiger charge is -2.45. The summed E-state index contributed by atoms with van der Waals surface area (Å²) in [6.45, 7) is 0.804. The first-order valence-corrected chi connectivity index (χ1v) is 8.01. The predicted molar refractivity (Wildman–Crippen MR) is 83.5 cm³/mol. The van der Waals surface area contributed by atoms with Crippen LogP contribution in [0.4, 0.5) is 0 Å². The van der Waals surface area contributed by atoms with Gasteiger partial charge in [0.05, 0.1) is 11.6 Å². The lowest BCUT2D eigenvalue weighted by atomic mass is 9.75. The van der Waals surface area contributed by atoms with Gasteiger partial charge in [-0.1, -0.05) is 17.3 Å². The first-order chi connectivity index (χ1) is 11.2. The molecule has 0 atom stereocenters. The molecule has 1 aliphatic carbocycles. The van der Waals surface area contributed by atoms with E-state index in [1.165, 1.54) is 6.42 Å². The van der Waals surface area contributed by atoms with Crippen LogP contribution in [-0.4, -0.2) is 28.0 Å². The zero-order valence-corrected chi connectivity index (χ0v) is 12.8. The van der Waals surface area contributed by atoms with E-state index in [1.807, 2.05) is 11.0 Å². The predicted octanol–water partition coefficient (Wildman–Crippen LogP) is 3.37. The average Bonchev–Trinajstić information content (AvgIpc) is 3.21. The molecule has 1 saturated carbocycles. The van der Waals surface area contributed by atoms with E-state index in [9.17, 15) is 4.79 Å². The zero-order chi connectivity index (χ0) is 15.9. The second-order valence-corrected chi connectivity index (χ2v) is 6.41. The number of nitriles is 1. The van der Waals surface area contributed by atoms with Gasteiger partial charge < -0.3 is 9.42 Å². The Labute approximate surface area is 134 Å². The molecule has 0 N–H and O–H groups in total. The molecule has 0 radical (unpaired) electrons. The fraction of sp³-hybridized carbons (Fsp3) is 0.389. The number of benzene rings is 1. The third-order valence-corrected chi connectivity index (χ3v) is 5.13. The molecule has 1 spiro atoms. The van der Waals surface area contributed by atoms with Crippen molar-refractivity contribution in [2.45, 2.75) is 37.6 Å². The first-order valence-electron chi connectivity index (χ1n) is 8.01. The number of likely N-dealkylation sites (tertiary alicyclic amines) is 1. The van der Waals surface area contributed by atoms with Crippen LogP contribution in [-0.2, 0) is 0 Å². The minimum Gasteiger partial charge on any atom is -0.350 e. The van der Waals surface area contributed by atoms with E-state index in [0.717, 1.165) is 37.8 Å². The van der Waals surface area contributed by atoms with Crippen LogP contribution in [0.3, 0.4) is 0 Å². The third-order valence-electron chi connectivity index (χ3n) is 5.13. The summed E-state index contributed by atoms with van der Waals surface area (Å²) >= 11 is 0. The van der Waals surface area contributed by atoms with Gasteiger partial charge in [-0.15, -0.1) is 0 Å². The molecule has 1 aromatic carbocycles. The minimum atomic E-state index is -0.0580. The molecule has 1 aliphatic heterocycles. The maximum atomic E-state index is 12.8. The van der Waals surface area contributed by atoms with Crippen LogP contribution in [0, 0.1) is 11.3 Å². The summed E-state index contributed by atoms with van der Waals surface area (Å²) in [5.74, 6) is 0.230. The Balaban J connectivity index is 1.60. The molecule has 5 heteroatoms. The fourth-order valence-corrected chi connectivity index (χ4v) is 3.75. The molecule has 2 aromatic rings. The largest absolute Gasteiger partial charge is 0.350 e. The molecule has 1 aromatic heterocycles. The Morgan fingerprint density at radius 3 is 2.83 bits per heavy atom. The number of rotatable bonds is 2. The number of hydrogen-bond acceptors (Lipinski definition) is 4. The van der Waals surface area contributed by atoms with Crippen LogP contribution in [0.25, 0.3) is 11.3 Å². The van der Waals surface area contributed by atoms with Crippen LogP contribution < -0.4 is 0 Å². The van der Waals surface area contributed by atoms with Crippen molar-refractivity contribution in [2.24, 2.45) is 0 Å². The topological polar surface area (TPSA) is 70.1 Å². The van der Waals surface area contributed by atoms with Crippen LogP contribution in [0.5, 0.6) is 0 Å². The number of nitrogens with zero attached hydrogens (tertiary/aromatic N) is 3. The van der Waals surface area contributed by atoms with Crippen LogP contribution in [0.15, 0.2) is 34.9 Å². The molecule has 23 heavy (non-hydrogen) atoms. The number of aromatic nitrogens is 1. The van der Waals surface area contributed by atoms with E-state index in [-0.39, 0.29) is 17.2 Å². The van der Waals surface area contributed by atoms with Gasteiger partial charge in [-0.25, -0.2) is 0 Å². The van der Waals surface area contributed by atoms with Gasteiger partial charge >= 0.3 is 0 Å². The molecule has 1 saturated heterocycles. The molecular formula is C18H17N3O2. The standard InChI is InChI=1S/C18H17N3O2/c19-12-13-4-1-5-14(10-13)15-11-16(23-20-15)17(22)21-9-3-8-18(21)6-2-7-18/h1,4-5,10-11H,2-3,6-9H2. The normalized spacial score (nSPS) is 18.7. The lowest BCUT2D eigenvalue weighted by Crippen LogP contribution is -2.51. The molecule has 2 heterocycles. The van der Waals surface area contributed by atoms with Gasteiger partial charge in [-0.3, -0.25) is 4.79 Å². The summed E-state index contributed by atoms with van der Waals surface area (Å²) in [5, 5.41) is 13.0. The summed E-state index contributed by atoms with van der Waals surface area (Å²) in [6, 6.07) is 10.9. The van der Waals surface area contributed by atoms with Gasteiger partial charge in [0.15, 0.2) is 0 Å². The molecular weight excluding hydrogens is 290 g/mol. The highest BCUT2D eigenvalue weighted by Crippen LogP contribution is 2.46. The van der Waals surface area contributed by atoms with Gasteiger partial charge in [0.25, 0.3) is 5.91 Å². The molecule has 4 rings (SSSR count). The van der Waals surface area contributed by atoms with Crippen LogP contribution >= 0.6 is 0 Å². The fourth-order valence-electron chi connectivity index (χ4n) is 3.75. The van der Waals surface area contributed by atoms with Gasteiger partial charge in [0.1, 0.15) is 5.69 Å². The Kier molecular flexibility index (Phi) is 3.19. The molecule has 5 nitrogen and oxygen atoms in total. The highest BCUT2D eigenvalue weighted by atomic mass is 16.5. The molecule has 116 valence electrons. The molecule has 2 aliphatic rings. The zero-order valence-electron chi connectivity index (χ0n) is 12.8. The van der Waals surface area contributed by atoms with Crippen molar-refractivity contribution in [1.29, 1.82) is 5.26 Å². The second-order valence-electron chi connectivity index (χ2n) is 6.41. The van der Waals surface area contributed by atoms with Crippen molar-refractivity contribution < 1.29 is 9.32 Å². The van der Waals surface area contributed by atoms with E-state index in [1.54, 1.807) is 24.3 Å². The Morgan fingerprint density at radius 2 is 2.09 bits per heavy atom. The van der Waals surface area contributed by atoms with E-state index >= 15 is 0 Å². The number of carbonyl (C=O) groups excluding carboxylic acids is 1. The van der Waals surface area contributed by atoms with Crippen LogP contribution in [0.1, 0.15) is 48.2 Å². The minimum absolute atomic E-state index is 0.0580. The molecule has 1 amide bonds. The third kappa shape index (κ3) is 2.22. The van der Waals surface area contributed by atoms with Crippen molar-refractivity contribution in [3.05, 3.63) is 41.7 Å². The molecule has 0 unspecified atom stereocenters. The Hall–Kier alpha value is -2.61. The summed E-state index contributed by atoms with van der Waals surface area (Å²) in [5.41, 5.74) is 2.01. The Morgan fingerprint density at radius 1 is 1.26 bits per heavy atom. The van der Waals surface area contributed by atoms with Crippen molar-refractivity contribution >= 4 is 5.91 Å². The summed E-state index contributed by atoms with van der Waals surface area (Å²) < 4.78 is 5.30. The number of amides is 1. The van der Waals surface area contributed by atoms with Gasteiger partial charge in [-0.2, -0.15) is 5.26 Å². The van der Waals surface area contributed by atoms with Crippen molar-refractivity contribution in [3.8, 4) is 17.3 Å². The SMILES string of the molecule is N#Cc1cccc(-c2cc(C(=O)N3CCCC34CCC4)on2)c1. The highest BCUT2D eigenvalue weighted by molar-refractivity contribution is 5.93. The van der Waals surface area contributed by atoms with E-state index in [4.69, 9.17) is 9.78 Å². The molecule has 2 fully saturated rings. The monoisotopic (exact) mass is 307 g/mol. The highest BCUT2D eigenvalue weighted by Gasteiger charge is 2.48. The van der Waals surface area contributed by atoms with Crippen molar-refractivity contribution in [2.75, 3.05) is 6.54 Å². The number of hydrogen-bond donors (Lipinski definition) is 0. The van der Waals surface area contributed by atoms with Gasteiger partial charge in [0, 0.05) is 23.7 Å². The lowest BCUT2D eigenvalue weighted by molar-refractivity contribution is 0.0331. The first kappa shape index (κ1) is 14.0. The summed E-state index contributed by atoms with van der Waals surface area (Å²) in [4.78, 5) is 14.7. The maximum Gasteiger partial charge on any atom is 0.292 e. The van der Waals surface area contributed by atoms with Gasteiger partial charge in [0.2, 0.25) is 5.76 Å². The number of carbonyl (C=O) groups is 1. The van der Waals surface area contributed by atoms with Gasteiger partial charge in [-0.05, 0) is 44.2 Å². The van der Waals surface area contributed by atoms with E-state index < -0.39 is 0 Å². The summed E-state index contributed by atoms with van der Waals surface area (Å²) in [6.07, 6.45) is 5.57.